The van der Waals surface area contributed by atoms with Crippen LogP contribution in [0.3, 0.4) is 0 Å². The number of carbonyl (C=O) groups excluding carboxylic acids is 1. The van der Waals surface area contributed by atoms with Crippen LogP contribution in [0, 0.1) is 0 Å². The quantitative estimate of drug-likeness (QED) is 0.487. The summed E-state index contributed by atoms with van der Waals surface area (Å²) in [5.74, 6) is 0. The van der Waals surface area contributed by atoms with Gasteiger partial charge in [-0.2, -0.15) is 0 Å². The Morgan fingerprint density at radius 2 is 1.04 bits per heavy atom. The number of nitrogens with two attached hydrogens (primary N) is 2. The second kappa shape index (κ2) is 7.19. The molecular formula is C14H15N4O5S2. The molecule has 0 saturated heterocycles. The molecule has 2 aromatic rings. The van der Waals surface area contributed by atoms with Gasteiger partial charge in [0.15, 0.2) is 6.17 Å². The van der Waals surface area contributed by atoms with Gasteiger partial charge in [0.05, 0.1) is 9.79 Å². The van der Waals surface area contributed by atoms with E-state index in [1.165, 1.54) is 48.5 Å². The van der Waals surface area contributed by atoms with Gasteiger partial charge in [-0.3, -0.25) is 4.79 Å². The van der Waals surface area contributed by atoms with E-state index in [0.29, 0.717) is 11.4 Å². The summed E-state index contributed by atoms with van der Waals surface area (Å²) in [4.78, 5) is 11.0. The van der Waals surface area contributed by atoms with Gasteiger partial charge in [0.2, 0.25) is 26.3 Å². The number of sulfonamides is 2. The maximum atomic E-state index is 11.2. The average molecular weight is 383 g/mol. The monoisotopic (exact) mass is 383 g/mol. The Morgan fingerprint density at radius 3 is 1.28 bits per heavy atom. The third-order valence-electron chi connectivity index (χ3n) is 3.11. The Labute approximate surface area is 145 Å². The summed E-state index contributed by atoms with van der Waals surface area (Å²) >= 11 is 0. The van der Waals surface area contributed by atoms with E-state index in [2.05, 4.69) is 10.6 Å². The predicted octanol–water partition coefficient (Wildman–Crippen LogP) is -0.0588. The van der Waals surface area contributed by atoms with Gasteiger partial charge in [-0.1, -0.05) is 0 Å². The lowest BCUT2D eigenvalue weighted by Crippen LogP contribution is -2.30. The van der Waals surface area contributed by atoms with Crippen molar-refractivity contribution in [1.82, 2.24) is 0 Å². The molecule has 0 fully saturated rings. The van der Waals surface area contributed by atoms with Crippen molar-refractivity contribution in [2.75, 3.05) is 10.6 Å². The van der Waals surface area contributed by atoms with E-state index in [9.17, 15) is 21.6 Å². The summed E-state index contributed by atoms with van der Waals surface area (Å²) in [6.45, 7) is 0. The topological polar surface area (TPSA) is 161 Å². The van der Waals surface area contributed by atoms with Crippen molar-refractivity contribution in [3.63, 3.8) is 0 Å². The maximum absolute atomic E-state index is 11.2. The summed E-state index contributed by atoms with van der Waals surface area (Å²) in [5.41, 5.74) is 0.906. The van der Waals surface area contributed by atoms with Crippen molar-refractivity contribution in [2.24, 2.45) is 10.3 Å². The van der Waals surface area contributed by atoms with Crippen LogP contribution >= 0.6 is 0 Å². The Balaban J connectivity index is 2.09. The van der Waals surface area contributed by atoms with Crippen molar-refractivity contribution in [1.29, 1.82) is 0 Å². The minimum atomic E-state index is -3.80. The molecule has 0 aliphatic carbocycles. The molecule has 2 rings (SSSR count). The number of hydrogen-bond donors (Lipinski definition) is 4. The highest BCUT2D eigenvalue weighted by molar-refractivity contribution is 7.89. The van der Waals surface area contributed by atoms with Gasteiger partial charge < -0.3 is 10.6 Å². The largest absolute Gasteiger partial charge is 0.359 e. The molecule has 0 aromatic heterocycles. The van der Waals surface area contributed by atoms with Gasteiger partial charge in [0.25, 0.3) is 0 Å². The zero-order valence-electron chi connectivity index (χ0n) is 12.7. The second-order valence-corrected chi connectivity index (χ2v) is 8.10. The molecule has 0 spiro atoms. The maximum Gasteiger partial charge on any atom is 0.245 e. The van der Waals surface area contributed by atoms with Crippen LogP contribution in [0.15, 0.2) is 58.3 Å². The summed E-state index contributed by atoms with van der Waals surface area (Å²) in [5, 5.41) is 15.6. The smallest absolute Gasteiger partial charge is 0.245 e. The van der Waals surface area contributed by atoms with Crippen molar-refractivity contribution in [3.05, 3.63) is 48.5 Å². The molecule has 9 nitrogen and oxygen atoms in total. The number of primary sulfonamides is 2. The third-order valence-corrected chi connectivity index (χ3v) is 4.96. The molecule has 25 heavy (non-hydrogen) atoms. The molecule has 0 unspecified atom stereocenters. The molecule has 1 radical (unpaired) electrons. The van der Waals surface area contributed by atoms with Gasteiger partial charge in [0.1, 0.15) is 0 Å². The molecule has 0 aliphatic rings. The fourth-order valence-corrected chi connectivity index (χ4v) is 2.94. The molecule has 0 aliphatic heterocycles. The first kappa shape index (κ1) is 18.9. The Morgan fingerprint density at radius 1 is 0.720 bits per heavy atom. The van der Waals surface area contributed by atoms with Crippen LogP contribution in [-0.4, -0.2) is 29.3 Å². The van der Waals surface area contributed by atoms with Gasteiger partial charge in [-0.15, -0.1) is 0 Å². The van der Waals surface area contributed by atoms with Gasteiger partial charge in [0, 0.05) is 11.4 Å². The van der Waals surface area contributed by atoms with Crippen LogP contribution in [0.5, 0.6) is 0 Å². The standard InChI is InChI=1S/C14H15N4O5S2/c15-24(20,21)12-5-1-10(2-6-12)17-14(9-19)18-11-3-7-13(8-4-11)25(16,22)23/h1-8,14,17-18H,(H2,15,20,21)(H2,16,22,23). The van der Waals surface area contributed by atoms with E-state index in [1.54, 1.807) is 6.29 Å². The Kier molecular flexibility index (Phi) is 5.42. The highest BCUT2D eigenvalue weighted by atomic mass is 32.2. The molecule has 0 saturated carbocycles. The molecule has 0 bridgehead atoms. The molecule has 6 N–H and O–H groups in total. The SMILES string of the molecule is NS(=O)(=O)c1ccc(NC([C]=O)Nc2ccc(S(N)(=O)=O)cc2)cc1. The van der Waals surface area contributed by atoms with Crippen LogP contribution in [0.2, 0.25) is 0 Å². The van der Waals surface area contributed by atoms with Crippen LogP contribution in [0.4, 0.5) is 11.4 Å². The number of rotatable bonds is 7. The fourth-order valence-electron chi connectivity index (χ4n) is 1.91. The summed E-state index contributed by atoms with van der Waals surface area (Å²) in [6.07, 6.45) is 0.773. The lowest BCUT2D eigenvalue weighted by atomic mass is 10.3. The third kappa shape index (κ3) is 5.26. The lowest BCUT2D eigenvalue weighted by molar-refractivity contribution is 0.549. The van der Waals surface area contributed by atoms with Crippen molar-refractivity contribution < 1.29 is 21.6 Å². The zero-order chi connectivity index (χ0) is 18.7. The van der Waals surface area contributed by atoms with Crippen LogP contribution in [-0.2, 0) is 24.8 Å². The number of anilines is 2. The fraction of sp³-hybridized carbons (Fsp3) is 0.0714. The first-order valence-electron chi connectivity index (χ1n) is 6.76. The molecular weight excluding hydrogens is 368 g/mol. The normalized spacial score (nSPS) is 12.0. The molecule has 133 valence electrons. The van der Waals surface area contributed by atoms with E-state index < -0.39 is 26.2 Å². The second-order valence-electron chi connectivity index (χ2n) is 4.98. The molecule has 0 atom stereocenters. The molecule has 0 heterocycles. The lowest BCUT2D eigenvalue weighted by Gasteiger charge is -2.16. The van der Waals surface area contributed by atoms with Crippen molar-refractivity contribution in [3.8, 4) is 0 Å². The highest BCUT2D eigenvalue weighted by Gasteiger charge is 2.12. The van der Waals surface area contributed by atoms with Crippen molar-refractivity contribution in [2.45, 2.75) is 16.0 Å². The van der Waals surface area contributed by atoms with E-state index in [1.807, 2.05) is 0 Å². The number of benzene rings is 2. The van der Waals surface area contributed by atoms with E-state index in [0.717, 1.165) is 0 Å². The van der Waals surface area contributed by atoms with Crippen LogP contribution in [0.25, 0.3) is 0 Å². The van der Waals surface area contributed by atoms with Crippen LogP contribution < -0.4 is 20.9 Å². The molecule has 2 aromatic carbocycles. The summed E-state index contributed by atoms with van der Waals surface area (Å²) in [7, 11) is -7.60. The van der Waals surface area contributed by atoms with Crippen LogP contribution in [0.1, 0.15) is 0 Å². The minimum Gasteiger partial charge on any atom is -0.359 e. The summed E-state index contributed by atoms with van der Waals surface area (Å²) < 4.78 is 44.8. The van der Waals surface area contributed by atoms with E-state index >= 15 is 0 Å². The highest BCUT2D eigenvalue weighted by Crippen LogP contribution is 2.16. The summed E-state index contributed by atoms with van der Waals surface area (Å²) in [6, 6.07) is 10.9. The Bertz CT molecular complexity index is 878. The first-order valence-corrected chi connectivity index (χ1v) is 9.85. The predicted molar refractivity (Wildman–Crippen MR) is 92.4 cm³/mol. The average Bonchev–Trinajstić information content (AvgIpc) is 2.53. The van der Waals surface area contributed by atoms with E-state index in [4.69, 9.17) is 10.3 Å². The molecule has 11 heteroatoms. The first-order chi connectivity index (χ1) is 11.6. The van der Waals surface area contributed by atoms with Gasteiger partial charge >= 0.3 is 0 Å². The number of nitrogens with one attached hydrogen (secondary N) is 2. The Hall–Kier alpha value is -2.47. The molecule has 0 amide bonds. The van der Waals surface area contributed by atoms with Gasteiger partial charge in [-0.05, 0) is 48.5 Å². The van der Waals surface area contributed by atoms with E-state index in [-0.39, 0.29) is 9.79 Å². The van der Waals surface area contributed by atoms with Crippen molar-refractivity contribution >= 4 is 37.7 Å². The zero-order valence-corrected chi connectivity index (χ0v) is 14.3. The number of hydrogen-bond acceptors (Lipinski definition) is 7. The van der Waals surface area contributed by atoms with Gasteiger partial charge in [-0.25, -0.2) is 27.1 Å². The minimum absolute atomic E-state index is 0.0591.